The van der Waals surface area contributed by atoms with Crippen LogP contribution in [-0.2, 0) is 5.41 Å². The number of fused-ring (bicyclic) bond motifs is 1. The van der Waals surface area contributed by atoms with Crippen molar-refractivity contribution in [3.05, 3.63) is 78.5 Å². The number of piperazine rings is 1. The zero-order valence-electron chi connectivity index (χ0n) is 25.3. The van der Waals surface area contributed by atoms with Crippen molar-refractivity contribution in [2.45, 2.75) is 32.3 Å². The number of benzene rings is 3. The maximum absolute atomic E-state index is 10.6. The number of hydrogen-bond donors (Lipinski definition) is 2. The van der Waals surface area contributed by atoms with Gasteiger partial charge in [0.25, 0.3) is 0 Å². The monoisotopic (exact) mass is 570 g/mol. The summed E-state index contributed by atoms with van der Waals surface area (Å²) < 4.78 is 17.9. The van der Waals surface area contributed by atoms with E-state index in [4.69, 9.17) is 14.2 Å². The van der Waals surface area contributed by atoms with Crippen LogP contribution < -0.4 is 19.5 Å². The lowest BCUT2D eigenvalue weighted by atomic mass is 9.87. The molecule has 8 heteroatoms. The van der Waals surface area contributed by atoms with E-state index in [1.165, 1.54) is 5.56 Å². The Labute approximate surface area is 248 Å². The number of aromatic nitrogens is 1. The number of hydrogen-bond acceptors (Lipinski definition) is 8. The van der Waals surface area contributed by atoms with Gasteiger partial charge in [0, 0.05) is 61.7 Å². The lowest BCUT2D eigenvalue weighted by Crippen LogP contribution is -2.47. The third-order valence-electron chi connectivity index (χ3n) is 7.60. The van der Waals surface area contributed by atoms with Crippen molar-refractivity contribution >= 4 is 22.3 Å². The molecule has 0 radical (unpaired) electrons. The van der Waals surface area contributed by atoms with Gasteiger partial charge in [-0.3, -0.25) is 9.88 Å². The van der Waals surface area contributed by atoms with Gasteiger partial charge in [0.1, 0.15) is 24.2 Å². The zero-order valence-corrected chi connectivity index (χ0v) is 25.3. The fraction of sp³-hybridized carbons (Fsp3) is 0.382. The first-order valence-electron chi connectivity index (χ1n) is 14.5. The highest BCUT2D eigenvalue weighted by Gasteiger charge is 2.19. The largest absolute Gasteiger partial charge is 0.493 e. The summed E-state index contributed by atoms with van der Waals surface area (Å²) in [6, 6.07) is 22.0. The average Bonchev–Trinajstić information content (AvgIpc) is 2.98. The van der Waals surface area contributed by atoms with Crippen molar-refractivity contribution in [2.75, 3.05) is 58.8 Å². The van der Waals surface area contributed by atoms with Crippen LogP contribution in [-0.4, -0.2) is 79.5 Å². The predicted octanol–water partition coefficient (Wildman–Crippen LogP) is 6.06. The number of likely N-dealkylation sites (N-methyl/N-ethyl adjacent to an activating group) is 1. The molecule has 1 unspecified atom stereocenters. The molecule has 3 aromatic carbocycles. The van der Waals surface area contributed by atoms with E-state index in [0.717, 1.165) is 42.9 Å². The van der Waals surface area contributed by atoms with Gasteiger partial charge in [-0.15, -0.1) is 0 Å². The first-order valence-corrected chi connectivity index (χ1v) is 14.5. The molecule has 0 bridgehead atoms. The van der Waals surface area contributed by atoms with Crippen LogP contribution in [0.5, 0.6) is 23.0 Å². The van der Waals surface area contributed by atoms with Crippen LogP contribution in [0.25, 0.3) is 10.9 Å². The number of aliphatic hydroxyl groups excluding tert-OH is 1. The number of anilines is 2. The summed E-state index contributed by atoms with van der Waals surface area (Å²) in [5.74, 6) is 2.48. The number of β-amino-alcohol motifs (C(OH)–C–C–N with tert-alkyl or cyclic N) is 1. The Bertz CT molecular complexity index is 1460. The van der Waals surface area contributed by atoms with E-state index in [-0.39, 0.29) is 12.0 Å². The first-order chi connectivity index (χ1) is 20.2. The number of methoxy groups -OCH3 is 1. The van der Waals surface area contributed by atoms with Gasteiger partial charge >= 0.3 is 0 Å². The molecule has 8 nitrogen and oxygen atoms in total. The molecule has 42 heavy (non-hydrogen) atoms. The molecule has 0 amide bonds. The number of nitrogens with one attached hydrogen (secondary N) is 1. The maximum Gasteiger partial charge on any atom is 0.163 e. The third-order valence-corrected chi connectivity index (χ3v) is 7.60. The van der Waals surface area contributed by atoms with Crippen molar-refractivity contribution in [2.24, 2.45) is 0 Å². The van der Waals surface area contributed by atoms with E-state index in [0.29, 0.717) is 35.1 Å². The second-order valence-electron chi connectivity index (χ2n) is 12.0. The van der Waals surface area contributed by atoms with Gasteiger partial charge < -0.3 is 29.5 Å². The predicted molar refractivity (Wildman–Crippen MR) is 169 cm³/mol. The van der Waals surface area contributed by atoms with E-state index >= 15 is 0 Å². The Morgan fingerprint density at radius 3 is 2.19 bits per heavy atom. The van der Waals surface area contributed by atoms with Crippen LogP contribution in [0.15, 0.2) is 72.9 Å². The van der Waals surface area contributed by atoms with Gasteiger partial charge in [-0.25, -0.2) is 0 Å². The summed E-state index contributed by atoms with van der Waals surface area (Å²) in [6.45, 7) is 11.3. The van der Waals surface area contributed by atoms with Crippen LogP contribution in [0, 0.1) is 0 Å². The second kappa shape index (κ2) is 13.0. The van der Waals surface area contributed by atoms with E-state index in [1.807, 2.05) is 42.5 Å². The molecule has 4 aromatic rings. The van der Waals surface area contributed by atoms with Crippen molar-refractivity contribution < 1.29 is 19.3 Å². The van der Waals surface area contributed by atoms with Crippen molar-refractivity contribution in [3.63, 3.8) is 0 Å². The lowest BCUT2D eigenvalue weighted by Gasteiger charge is -2.33. The molecule has 5 rings (SSSR count). The SMILES string of the molecule is COc1cc2c(Oc3ccc(Nc4ccc(C(C)(C)C)cc4)cc3)ccnc2cc1OCC(O)CN1CCN(C)CC1. The van der Waals surface area contributed by atoms with Gasteiger partial charge in [-0.05, 0) is 66.6 Å². The molecule has 1 aliphatic rings. The molecular weight excluding hydrogens is 528 g/mol. The highest BCUT2D eigenvalue weighted by Crippen LogP contribution is 2.37. The summed E-state index contributed by atoms with van der Waals surface area (Å²) in [5.41, 5.74) is 4.15. The Hall–Kier alpha value is -3.85. The van der Waals surface area contributed by atoms with Crippen LogP contribution in [0.2, 0.25) is 0 Å². The lowest BCUT2D eigenvalue weighted by molar-refractivity contribution is 0.0498. The van der Waals surface area contributed by atoms with Crippen molar-refractivity contribution in [1.29, 1.82) is 0 Å². The summed E-state index contributed by atoms with van der Waals surface area (Å²) >= 11 is 0. The molecule has 0 aliphatic carbocycles. The fourth-order valence-electron chi connectivity index (χ4n) is 5.01. The second-order valence-corrected chi connectivity index (χ2v) is 12.0. The highest BCUT2D eigenvalue weighted by molar-refractivity contribution is 5.88. The Morgan fingerprint density at radius 2 is 1.55 bits per heavy atom. The van der Waals surface area contributed by atoms with E-state index in [1.54, 1.807) is 13.3 Å². The molecule has 0 spiro atoms. The van der Waals surface area contributed by atoms with Gasteiger partial charge in [0.2, 0.25) is 0 Å². The molecule has 222 valence electrons. The van der Waals surface area contributed by atoms with Gasteiger partial charge in [0.05, 0.1) is 12.6 Å². The van der Waals surface area contributed by atoms with E-state index in [2.05, 4.69) is 72.2 Å². The molecule has 1 atom stereocenters. The number of ether oxygens (including phenoxy) is 3. The third kappa shape index (κ3) is 7.50. The Kier molecular flexibility index (Phi) is 9.16. The number of pyridine rings is 1. The average molecular weight is 571 g/mol. The van der Waals surface area contributed by atoms with Crippen LogP contribution in [0.3, 0.4) is 0 Å². The highest BCUT2D eigenvalue weighted by atomic mass is 16.5. The topological polar surface area (TPSA) is 79.3 Å². The Balaban J connectivity index is 1.23. The van der Waals surface area contributed by atoms with Gasteiger partial charge in [0.15, 0.2) is 11.5 Å². The standard InChI is InChI=1S/C34H42N4O4/c1-34(2,3)24-6-8-25(9-7-24)36-26-10-12-28(13-11-26)42-31-14-15-35-30-21-33(32(40-5)20-29(30)31)41-23-27(39)22-38-18-16-37(4)17-19-38/h6-15,20-21,27,36,39H,16-19,22-23H2,1-5H3. The molecule has 0 saturated carbocycles. The minimum absolute atomic E-state index is 0.125. The van der Waals surface area contributed by atoms with Crippen LogP contribution >= 0.6 is 0 Å². The fourth-order valence-corrected chi connectivity index (χ4v) is 5.01. The molecular formula is C34H42N4O4. The first kappa shape index (κ1) is 29.6. The quantitative estimate of drug-likeness (QED) is 0.238. The normalized spacial score (nSPS) is 15.4. The molecule has 1 aliphatic heterocycles. The van der Waals surface area contributed by atoms with Gasteiger partial charge in [-0.2, -0.15) is 0 Å². The Morgan fingerprint density at radius 1 is 0.881 bits per heavy atom. The molecule has 1 aromatic heterocycles. The zero-order chi connectivity index (χ0) is 29.7. The molecule has 2 heterocycles. The smallest absolute Gasteiger partial charge is 0.163 e. The molecule has 1 saturated heterocycles. The van der Waals surface area contributed by atoms with Crippen LogP contribution in [0.1, 0.15) is 26.3 Å². The minimum Gasteiger partial charge on any atom is -0.493 e. The molecule has 2 N–H and O–H groups in total. The van der Waals surface area contributed by atoms with E-state index < -0.39 is 6.10 Å². The summed E-state index contributed by atoms with van der Waals surface area (Å²) in [7, 11) is 3.73. The summed E-state index contributed by atoms with van der Waals surface area (Å²) in [5, 5.41) is 14.9. The van der Waals surface area contributed by atoms with Gasteiger partial charge in [-0.1, -0.05) is 32.9 Å². The summed E-state index contributed by atoms with van der Waals surface area (Å²) in [6.07, 6.45) is 1.12. The number of rotatable bonds is 10. The number of nitrogens with zero attached hydrogens (tertiary/aromatic N) is 3. The molecule has 1 fully saturated rings. The number of aliphatic hydroxyl groups is 1. The maximum atomic E-state index is 10.6. The van der Waals surface area contributed by atoms with Crippen molar-refractivity contribution in [1.82, 2.24) is 14.8 Å². The summed E-state index contributed by atoms with van der Waals surface area (Å²) in [4.78, 5) is 9.09. The van der Waals surface area contributed by atoms with Crippen LogP contribution in [0.4, 0.5) is 11.4 Å². The minimum atomic E-state index is -0.600. The van der Waals surface area contributed by atoms with E-state index in [9.17, 15) is 5.11 Å². The van der Waals surface area contributed by atoms with Crippen molar-refractivity contribution in [3.8, 4) is 23.0 Å².